The lowest BCUT2D eigenvalue weighted by atomic mass is 10.0. The fourth-order valence-electron chi connectivity index (χ4n) is 3.31. The van der Waals surface area contributed by atoms with Gasteiger partial charge in [0, 0.05) is 25.1 Å². The zero-order chi connectivity index (χ0) is 12.7. The van der Waals surface area contributed by atoms with Gasteiger partial charge in [0.1, 0.15) is 0 Å². The van der Waals surface area contributed by atoms with Gasteiger partial charge in [-0.05, 0) is 43.7 Å². The maximum Gasteiger partial charge on any atom is 0.263 e. The van der Waals surface area contributed by atoms with Crippen molar-refractivity contribution in [1.29, 1.82) is 0 Å². The molecule has 4 heteroatoms. The first kappa shape index (κ1) is 12.2. The fraction of sp³-hybridized carbons (Fsp3) is 0.643. The second kappa shape index (κ2) is 4.67. The van der Waals surface area contributed by atoms with Gasteiger partial charge in [0.15, 0.2) is 0 Å². The van der Waals surface area contributed by atoms with Crippen molar-refractivity contribution < 1.29 is 9.53 Å². The number of rotatable bonds is 2. The molecule has 1 unspecified atom stereocenters. The summed E-state index contributed by atoms with van der Waals surface area (Å²) in [5.41, 5.74) is 0. The fourth-order valence-corrected chi connectivity index (χ4v) is 4.14. The molecular formula is C14H19NO2S. The molecule has 0 radical (unpaired) electrons. The standard InChI is InChI=1S/C14H19NO2S/c1-9-3-4-13(18-9)14(16)15-7-10-5-12(17-2)6-11(10)8-15/h3-4,10-12H,5-8H2,1-2H3/t10-,11+,12?. The maximum absolute atomic E-state index is 12.3. The van der Waals surface area contributed by atoms with Crippen molar-refractivity contribution in [2.75, 3.05) is 20.2 Å². The Balaban J connectivity index is 1.66. The second-order valence-electron chi connectivity index (χ2n) is 5.47. The van der Waals surface area contributed by atoms with Crippen LogP contribution in [0.2, 0.25) is 0 Å². The highest BCUT2D eigenvalue weighted by atomic mass is 32.1. The molecule has 1 aromatic heterocycles. The van der Waals surface area contributed by atoms with Crippen LogP contribution in [0.4, 0.5) is 0 Å². The number of thiophene rings is 1. The summed E-state index contributed by atoms with van der Waals surface area (Å²) in [6, 6.07) is 3.98. The number of ether oxygens (including phenoxy) is 1. The SMILES string of the molecule is COC1C[C@@H]2CN(C(=O)c3ccc(C)s3)C[C@@H]2C1. The van der Waals surface area contributed by atoms with Crippen molar-refractivity contribution >= 4 is 17.2 Å². The van der Waals surface area contributed by atoms with Crippen molar-refractivity contribution in [2.45, 2.75) is 25.9 Å². The third kappa shape index (κ3) is 2.08. The molecule has 2 heterocycles. The van der Waals surface area contributed by atoms with Gasteiger partial charge in [0.2, 0.25) is 0 Å². The zero-order valence-electron chi connectivity index (χ0n) is 10.9. The molecule has 18 heavy (non-hydrogen) atoms. The molecule has 98 valence electrons. The Labute approximate surface area is 112 Å². The van der Waals surface area contributed by atoms with Gasteiger partial charge < -0.3 is 9.64 Å². The molecule has 1 amide bonds. The predicted octanol–water partition coefficient (Wildman–Crippen LogP) is 2.55. The molecule has 3 rings (SSSR count). The number of aryl methyl sites for hydroxylation is 1. The lowest BCUT2D eigenvalue weighted by molar-refractivity contribution is 0.0735. The minimum Gasteiger partial charge on any atom is -0.381 e. The summed E-state index contributed by atoms with van der Waals surface area (Å²) in [6.07, 6.45) is 2.66. The summed E-state index contributed by atoms with van der Waals surface area (Å²) in [5, 5.41) is 0. The molecular weight excluding hydrogens is 246 g/mol. The molecule has 2 fully saturated rings. The molecule has 1 saturated heterocycles. The van der Waals surface area contributed by atoms with Gasteiger partial charge in [0.05, 0.1) is 11.0 Å². The molecule has 3 nitrogen and oxygen atoms in total. The number of methoxy groups -OCH3 is 1. The van der Waals surface area contributed by atoms with E-state index in [-0.39, 0.29) is 5.91 Å². The van der Waals surface area contributed by atoms with Crippen LogP contribution in [0.15, 0.2) is 12.1 Å². The summed E-state index contributed by atoms with van der Waals surface area (Å²) >= 11 is 1.60. The van der Waals surface area contributed by atoms with Crippen LogP contribution in [0.5, 0.6) is 0 Å². The van der Waals surface area contributed by atoms with Crippen LogP contribution in [0, 0.1) is 18.8 Å². The van der Waals surface area contributed by atoms with Crippen molar-refractivity contribution in [3.63, 3.8) is 0 Å². The molecule has 1 aromatic rings. The number of carbonyl (C=O) groups is 1. The molecule has 3 atom stereocenters. The topological polar surface area (TPSA) is 29.5 Å². The van der Waals surface area contributed by atoms with E-state index in [4.69, 9.17) is 4.74 Å². The summed E-state index contributed by atoms with van der Waals surface area (Å²) < 4.78 is 5.43. The molecule has 0 N–H and O–H groups in total. The average Bonchev–Trinajstić information content (AvgIpc) is 3.00. The first-order valence-corrected chi connectivity index (χ1v) is 7.37. The Bertz CT molecular complexity index is 442. The maximum atomic E-state index is 12.3. The highest BCUT2D eigenvalue weighted by molar-refractivity contribution is 7.13. The van der Waals surface area contributed by atoms with Crippen LogP contribution in [0.3, 0.4) is 0 Å². The van der Waals surface area contributed by atoms with E-state index in [1.165, 1.54) is 4.88 Å². The molecule has 1 aliphatic heterocycles. The predicted molar refractivity (Wildman–Crippen MR) is 72.0 cm³/mol. The highest BCUT2D eigenvalue weighted by Gasteiger charge is 2.42. The number of carbonyl (C=O) groups excluding carboxylic acids is 1. The van der Waals surface area contributed by atoms with Crippen LogP contribution >= 0.6 is 11.3 Å². The first-order valence-electron chi connectivity index (χ1n) is 6.56. The van der Waals surface area contributed by atoms with Gasteiger partial charge in [-0.15, -0.1) is 11.3 Å². The van der Waals surface area contributed by atoms with E-state index < -0.39 is 0 Å². The Morgan fingerprint density at radius 2 is 2.00 bits per heavy atom. The van der Waals surface area contributed by atoms with E-state index in [1.54, 1.807) is 18.4 Å². The molecule has 0 spiro atoms. The lowest BCUT2D eigenvalue weighted by Gasteiger charge is -2.18. The number of fused-ring (bicyclic) bond motifs is 1. The summed E-state index contributed by atoms with van der Waals surface area (Å²) in [4.78, 5) is 16.5. The normalized spacial score (nSPS) is 30.8. The van der Waals surface area contributed by atoms with Crippen molar-refractivity contribution in [1.82, 2.24) is 4.90 Å². The van der Waals surface area contributed by atoms with Crippen molar-refractivity contribution in [3.8, 4) is 0 Å². The summed E-state index contributed by atoms with van der Waals surface area (Å²) in [7, 11) is 1.79. The molecule has 1 saturated carbocycles. The van der Waals surface area contributed by atoms with Crippen LogP contribution in [0.1, 0.15) is 27.4 Å². The van der Waals surface area contributed by atoms with Gasteiger partial charge in [-0.25, -0.2) is 0 Å². The third-order valence-corrected chi connectivity index (χ3v) is 5.27. The number of amides is 1. The quantitative estimate of drug-likeness (QED) is 0.822. The molecule has 1 aliphatic carbocycles. The minimum absolute atomic E-state index is 0.219. The van der Waals surface area contributed by atoms with Crippen LogP contribution in [-0.2, 0) is 4.74 Å². The van der Waals surface area contributed by atoms with E-state index in [9.17, 15) is 4.79 Å². The van der Waals surface area contributed by atoms with E-state index in [0.29, 0.717) is 17.9 Å². The Hall–Kier alpha value is -0.870. The van der Waals surface area contributed by atoms with Gasteiger partial charge >= 0.3 is 0 Å². The van der Waals surface area contributed by atoms with Crippen LogP contribution in [-0.4, -0.2) is 37.1 Å². The number of likely N-dealkylation sites (tertiary alicyclic amines) is 1. The van der Waals surface area contributed by atoms with Crippen LogP contribution in [0.25, 0.3) is 0 Å². The summed E-state index contributed by atoms with van der Waals surface area (Å²) in [5.74, 6) is 1.52. The largest absolute Gasteiger partial charge is 0.381 e. The zero-order valence-corrected chi connectivity index (χ0v) is 11.7. The lowest BCUT2D eigenvalue weighted by Crippen LogP contribution is -2.29. The molecule has 2 aliphatic rings. The van der Waals surface area contributed by atoms with E-state index in [1.807, 2.05) is 24.0 Å². The molecule has 0 aromatic carbocycles. The second-order valence-corrected chi connectivity index (χ2v) is 6.76. The van der Waals surface area contributed by atoms with Gasteiger partial charge in [-0.3, -0.25) is 4.79 Å². The Morgan fingerprint density at radius 1 is 1.33 bits per heavy atom. The van der Waals surface area contributed by atoms with E-state index in [2.05, 4.69) is 0 Å². The van der Waals surface area contributed by atoms with Crippen molar-refractivity contribution in [2.24, 2.45) is 11.8 Å². The number of hydrogen-bond donors (Lipinski definition) is 0. The van der Waals surface area contributed by atoms with Gasteiger partial charge in [0.25, 0.3) is 5.91 Å². The highest BCUT2D eigenvalue weighted by Crippen LogP contribution is 2.39. The van der Waals surface area contributed by atoms with Gasteiger partial charge in [-0.1, -0.05) is 0 Å². The minimum atomic E-state index is 0.219. The van der Waals surface area contributed by atoms with E-state index in [0.717, 1.165) is 30.8 Å². The Morgan fingerprint density at radius 3 is 2.50 bits per heavy atom. The Kier molecular flexibility index (Phi) is 3.16. The van der Waals surface area contributed by atoms with E-state index >= 15 is 0 Å². The first-order chi connectivity index (χ1) is 8.67. The number of nitrogens with zero attached hydrogens (tertiary/aromatic N) is 1. The molecule has 0 bridgehead atoms. The van der Waals surface area contributed by atoms with Crippen molar-refractivity contribution in [3.05, 3.63) is 21.9 Å². The smallest absolute Gasteiger partial charge is 0.263 e. The summed E-state index contributed by atoms with van der Waals surface area (Å²) in [6.45, 7) is 3.88. The number of hydrogen-bond acceptors (Lipinski definition) is 3. The monoisotopic (exact) mass is 265 g/mol. The average molecular weight is 265 g/mol. The van der Waals surface area contributed by atoms with Crippen LogP contribution < -0.4 is 0 Å². The third-order valence-electron chi connectivity index (χ3n) is 4.28. The van der Waals surface area contributed by atoms with Gasteiger partial charge in [-0.2, -0.15) is 0 Å².